The molecule has 0 unspecified atom stereocenters. The van der Waals surface area contributed by atoms with Crippen LogP contribution in [0.3, 0.4) is 0 Å². The first-order chi connectivity index (χ1) is 11.7. The number of ketones is 1. The summed E-state index contributed by atoms with van der Waals surface area (Å²) in [6.45, 7) is 4.52. The second-order valence-corrected chi connectivity index (χ2v) is 9.92. The molecule has 0 radical (unpaired) electrons. The van der Waals surface area contributed by atoms with Gasteiger partial charge >= 0.3 is 0 Å². The van der Waals surface area contributed by atoms with Crippen LogP contribution < -0.4 is 5.73 Å². The van der Waals surface area contributed by atoms with Gasteiger partial charge in [-0.05, 0) is 68.1 Å². The Morgan fingerprint density at radius 2 is 1.92 bits per heavy atom. The summed E-state index contributed by atoms with van der Waals surface area (Å²) in [5.74, 6) is 0.321. The van der Waals surface area contributed by atoms with E-state index in [0.717, 1.165) is 38.5 Å². The van der Waals surface area contributed by atoms with Crippen LogP contribution in [0.4, 0.5) is 0 Å². The average Bonchev–Trinajstić information content (AvgIpc) is 3.23. The number of aliphatic hydroxyl groups is 1. The maximum absolute atomic E-state index is 12.6. The maximum Gasteiger partial charge on any atom is 0.228 e. The van der Waals surface area contributed by atoms with Crippen LogP contribution in [0.2, 0.25) is 0 Å². The van der Waals surface area contributed by atoms with Crippen molar-refractivity contribution < 1.29 is 19.4 Å². The predicted octanol–water partition coefficient (Wildman–Crippen LogP) is 1.80. The monoisotopic (exact) mass is 347 g/mol. The van der Waals surface area contributed by atoms with Crippen molar-refractivity contribution in [2.45, 2.75) is 76.6 Å². The lowest BCUT2D eigenvalue weighted by Gasteiger charge is -2.59. The van der Waals surface area contributed by atoms with Crippen molar-refractivity contribution in [2.24, 2.45) is 40.2 Å². The number of hydrogen-bond acceptors (Lipinski definition) is 4. The summed E-state index contributed by atoms with van der Waals surface area (Å²) < 4.78 is 6.06. The fourth-order valence-corrected chi connectivity index (χ4v) is 7.79. The molecule has 0 aromatic heterocycles. The van der Waals surface area contributed by atoms with Crippen molar-refractivity contribution in [3.8, 4) is 0 Å². The van der Waals surface area contributed by atoms with Gasteiger partial charge in [0.2, 0.25) is 5.91 Å². The van der Waals surface area contributed by atoms with Crippen molar-refractivity contribution >= 4 is 11.7 Å². The van der Waals surface area contributed by atoms with E-state index in [4.69, 9.17) is 10.5 Å². The molecular weight excluding hydrogens is 318 g/mol. The van der Waals surface area contributed by atoms with Crippen LogP contribution in [0, 0.1) is 34.5 Å². The van der Waals surface area contributed by atoms with Gasteiger partial charge in [0.05, 0.1) is 12.0 Å². The van der Waals surface area contributed by atoms with E-state index in [1.807, 2.05) is 0 Å². The summed E-state index contributed by atoms with van der Waals surface area (Å²) in [5.41, 5.74) is 5.11. The number of fused-ring (bicyclic) bond motifs is 4. The van der Waals surface area contributed by atoms with Gasteiger partial charge in [0.15, 0.2) is 5.78 Å². The molecule has 5 nitrogen and oxygen atoms in total. The smallest absolute Gasteiger partial charge is 0.228 e. The standard InChI is InChI=1S/C20H29NO4/c1-18-7-6-13-10(12(18)3-4-14(18)22)5-8-20-16(25-20)15(23)11(17(21)24)9-19(13,20)2/h10-14,16,22H,3-9H2,1-2H3,(H2,21,24)/t10-,11+,12-,13-,14-,16+,18-,19+,20+/m0/s1. The normalized spacial score (nSPS) is 59.4. The topological polar surface area (TPSA) is 92.9 Å². The van der Waals surface area contributed by atoms with Gasteiger partial charge < -0.3 is 15.6 Å². The van der Waals surface area contributed by atoms with Gasteiger partial charge in [-0.15, -0.1) is 0 Å². The SMILES string of the molecule is C[C@]12CC[C@H]3[C@@H](CC[C@@]45O[C@@H]4C(=O)[C@H](C(N)=O)C[C@]35C)[C@@H]1CC[C@@H]2O. The molecule has 138 valence electrons. The van der Waals surface area contributed by atoms with Crippen molar-refractivity contribution in [3.63, 3.8) is 0 Å². The lowest BCUT2D eigenvalue weighted by molar-refractivity contribution is -0.147. The summed E-state index contributed by atoms with van der Waals surface area (Å²) in [7, 11) is 0. The Kier molecular flexibility index (Phi) is 3.03. The van der Waals surface area contributed by atoms with Crippen molar-refractivity contribution in [3.05, 3.63) is 0 Å². The number of epoxide rings is 1. The van der Waals surface area contributed by atoms with E-state index in [1.54, 1.807) is 0 Å². The van der Waals surface area contributed by atoms with E-state index in [0.29, 0.717) is 24.2 Å². The molecular formula is C20H29NO4. The number of carbonyl (C=O) groups excluding carboxylic acids is 2. The molecule has 0 aromatic rings. The van der Waals surface area contributed by atoms with Crippen molar-refractivity contribution in [1.82, 2.24) is 0 Å². The molecule has 5 fully saturated rings. The Hall–Kier alpha value is -0.940. The molecule has 4 saturated carbocycles. The first-order valence-corrected chi connectivity index (χ1v) is 9.93. The Morgan fingerprint density at radius 1 is 1.16 bits per heavy atom. The summed E-state index contributed by atoms with van der Waals surface area (Å²) in [6.07, 6.45) is 6.05. The number of primary amides is 1. The number of Topliss-reactive ketones (excluding diaryl/α,β-unsaturated/α-hetero) is 1. The Bertz CT molecular complexity index is 664. The predicted molar refractivity (Wildman–Crippen MR) is 90.3 cm³/mol. The lowest BCUT2D eigenvalue weighted by atomic mass is 9.44. The van der Waals surface area contributed by atoms with E-state index in [-0.39, 0.29) is 28.3 Å². The third-order valence-corrected chi connectivity index (χ3v) is 9.29. The third kappa shape index (κ3) is 1.72. The van der Waals surface area contributed by atoms with Gasteiger partial charge in [-0.3, -0.25) is 9.59 Å². The fourth-order valence-electron chi connectivity index (χ4n) is 7.79. The molecule has 5 aliphatic rings. The van der Waals surface area contributed by atoms with Gasteiger partial charge in [0, 0.05) is 5.41 Å². The van der Waals surface area contributed by atoms with E-state index in [1.165, 1.54) is 0 Å². The second-order valence-electron chi connectivity index (χ2n) is 9.92. The van der Waals surface area contributed by atoms with Crippen LogP contribution in [0.5, 0.6) is 0 Å². The summed E-state index contributed by atoms with van der Waals surface area (Å²) in [5, 5.41) is 10.5. The van der Waals surface area contributed by atoms with Crippen LogP contribution in [0.1, 0.15) is 58.8 Å². The minimum absolute atomic E-state index is 0.0411. The van der Waals surface area contributed by atoms with Crippen LogP contribution >= 0.6 is 0 Å². The number of ether oxygens (including phenoxy) is 1. The molecule has 9 atom stereocenters. The van der Waals surface area contributed by atoms with Gasteiger partial charge in [0.25, 0.3) is 0 Å². The molecule has 1 amide bonds. The molecule has 0 bridgehead atoms. The quantitative estimate of drug-likeness (QED) is 0.559. The van der Waals surface area contributed by atoms with E-state index >= 15 is 0 Å². The number of hydrogen-bond donors (Lipinski definition) is 2. The number of amides is 1. The average molecular weight is 347 g/mol. The number of carbonyl (C=O) groups is 2. The third-order valence-electron chi connectivity index (χ3n) is 9.29. The largest absolute Gasteiger partial charge is 0.393 e. The molecule has 4 aliphatic carbocycles. The molecule has 0 aromatic carbocycles. The van der Waals surface area contributed by atoms with Crippen molar-refractivity contribution in [1.29, 1.82) is 0 Å². The highest BCUT2D eigenvalue weighted by Crippen LogP contribution is 2.72. The molecule has 1 spiro atoms. The Morgan fingerprint density at radius 3 is 2.64 bits per heavy atom. The molecule has 3 N–H and O–H groups in total. The van der Waals surface area contributed by atoms with Crippen LogP contribution in [-0.2, 0) is 14.3 Å². The zero-order valence-corrected chi connectivity index (χ0v) is 15.2. The molecule has 5 heteroatoms. The first-order valence-electron chi connectivity index (χ1n) is 9.93. The van der Waals surface area contributed by atoms with E-state index in [2.05, 4.69) is 13.8 Å². The number of nitrogens with two attached hydrogens (primary N) is 1. The van der Waals surface area contributed by atoms with Crippen LogP contribution in [0.15, 0.2) is 0 Å². The second kappa shape index (κ2) is 4.66. The molecule has 1 aliphatic heterocycles. The van der Waals surface area contributed by atoms with Gasteiger partial charge in [-0.2, -0.15) is 0 Å². The fraction of sp³-hybridized carbons (Fsp3) is 0.900. The summed E-state index contributed by atoms with van der Waals surface area (Å²) in [4.78, 5) is 24.5. The zero-order valence-electron chi connectivity index (χ0n) is 15.2. The van der Waals surface area contributed by atoms with E-state index < -0.39 is 17.9 Å². The highest BCUT2D eigenvalue weighted by Gasteiger charge is 2.78. The first kappa shape index (κ1) is 16.2. The lowest BCUT2D eigenvalue weighted by Crippen LogP contribution is -2.61. The van der Waals surface area contributed by atoms with Crippen molar-refractivity contribution in [2.75, 3.05) is 0 Å². The highest BCUT2D eigenvalue weighted by atomic mass is 16.6. The minimum Gasteiger partial charge on any atom is -0.393 e. The minimum atomic E-state index is -0.688. The van der Waals surface area contributed by atoms with Crippen LogP contribution in [0.25, 0.3) is 0 Å². The van der Waals surface area contributed by atoms with Gasteiger partial charge in [-0.1, -0.05) is 13.8 Å². The molecule has 1 saturated heterocycles. The molecule has 5 rings (SSSR count). The Balaban J connectivity index is 1.52. The Labute approximate surface area is 148 Å². The summed E-state index contributed by atoms with van der Waals surface area (Å²) >= 11 is 0. The van der Waals surface area contributed by atoms with Gasteiger partial charge in [-0.25, -0.2) is 0 Å². The number of rotatable bonds is 1. The van der Waals surface area contributed by atoms with Crippen LogP contribution in [-0.4, -0.2) is 34.6 Å². The maximum atomic E-state index is 12.6. The highest BCUT2D eigenvalue weighted by molar-refractivity contribution is 6.05. The van der Waals surface area contributed by atoms with Gasteiger partial charge in [0.1, 0.15) is 11.7 Å². The summed E-state index contributed by atoms with van der Waals surface area (Å²) in [6, 6.07) is 0. The number of aliphatic hydroxyl groups excluding tert-OH is 1. The molecule has 25 heavy (non-hydrogen) atoms. The van der Waals surface area contributed by atoms with E-state index in [9.17, 15) is 14.7 Å². The molecule has 1 heterocycles. The zero-order chi connectivity index (χ0) is 17.8.